The molecule has 1 heterocycles. The smallest absolute Gasteiger partial charge is 0.207 e. The molecule has 0 atom stereocenters. The minimum absolute atomic E-state index is 0.259. The molecule has 1 aromatic carbocycles. The van der Waals surface area contributed by atoms with Crippen molar-refractivity contribution in [3.63, 3.8) is 0 Å². The van der Waals surface area contributed by atoms with Gasteiger partial charge in [0.1, 0.15) is 5.82 Å². The fraction of sp³-hybridized carbons (Fsp3) is 0.357. The predicted octanol–water partition coefficient (Wildman–Crippen LogP) is 3.11. The Bertz CT molecular complexity index is 539. The monoisotopic (exact) mass is 263 g/mol. The number of hydrogen-bond donors (Lipinski definition) is 1. The minimum atomic E-state index is -0.259. The van der Waals surface area contributed by atoms with Gasteiger partial charge in [-0.25, -0.2) is 9.37 Å². The number of ether oxygens (including phenoxy) is 1. The van der Waals surface area contributed by atoms with Crippen LogP contribution in [0.2, 0.25) is 0 Å². The van der Waals surface area contributed by atoms with E-state index < -0.39 is 0 Å². The summed E-state index contributed by atoms with van der Waals surface area (Å²) in [5, 5.41) is 3.16. The van der Waals surface area contributed by atoms with E-state index in [-0.39, 0.29) is 5.82 Å². The average molecular weight is 263 g/mol. The van der Waals surface area contributed by atoms with Crippen molar-refractivity contribution < 1.29 is 9.13 Å². The molecule has 0 aliphatic carbocycles. The molecule has 0 aliphatic heterocycles. The minimum Gasteiger partial charge on any atom is -0.385 e. The van der Waals surface area contributed by atoms with E-state index in [1.807, 2.05) is 17.7 Å². The molecule has 102 valence electrons. The first-order chi connectivity index (χ1) is 9.20. The molecule has 0 spiro atoms. The van der Waals surface area contributed by atoms with Crippen LogP contribution in [-0.2, 0) is 11.3 Å². The molecule has 0 saturated carbocycles. The molecule has 1 aromatic heterocycles. The lowest BCUT2D eigenvalue weighted by Crippen LogP contribution is -2.06. The topological polar surface area (TPSA) is 39.1 Å². The highest BCUT2D eigenvalue weighted by atomic mass is 19.1. The number of imidazole rings is 1. The van der Waals surface area contributed by atoms with Crippen molar-refractivity contribution in [1.82, 2.24) is 9.55 Å². The van der Waals surface area contributed by atoms with Crippen LogP contribution in [0.25, 0.3) is 0 Å². The van der Waals surface area contributed by atoms with Crippen LogP contribution in [0.15, 0.2) is 30.6 Å². The van der Waals surface area contributed by atoms with Gasteiger partial charge in [0, 0.05) is 38.3 Å². The summed E-state index contributed by atoms with van der Waals surface area (Å²) < 4.78 is 20.3. The standard InChI is InChI=1S/C14H18FN3O/c1-11-4-5-12(15)10-13(11)17-14-16-6-8-18(14)7-3-9-19-2/h4-6,8,10H,3,7,9H2,1-2H3,(H,16,17). The summed E-state index contributed by atoms with van der Waals surface area (Å²) in [7, 11) is 1.68. The number of methoxy groups -OCH3 is 1. The Balaban J connectivity index is 2.10. The van der Waals surface area contributed by atoms with Crippen LogP contribution in [0, 0.1) is 12.7 Å². The summed E-state index contributed by atoms with van der Waals surface area (Å²) in [6.45, 7) is 3.45. The molecule has 2 aromatic rings. The van der Waals surface area contributed by atoms with Crippen molar-refractivity contribution in [2.75, 3.05) is 19.0 Å². The lowest BCUT2D eigenvalue weighted by Gasteiger charge is -2.11. The van der Waals surface area contributed by atoms with E-state index in [9.17, 15) is 4.39 Å². The van der Waals surface area contributed by atoms with Gasteiger partial charge in [-0.2, -0.15) is 0 Å². The van der Waals surface area contributed by atoms with Crippen molar-refractivity contribution >= 4 is 11.6 Å². The number of rotatable bonds is 6. The second-order valence-corrected chi connectivity index (χ2v) is 4.37. The van der Waals surface area contributed by atoms with Gasteiger partial charge in [0.05, 0.1) is 0 Å². The maximum absolute atomic E-state index is 13.2. The number of aryl methyl sites for hydroxylation is 2. The number of hydrogen-bond acceptors (Lipinski definition) is 3. The SMILES string of the molecule is COCCCn1ccnc1Nc1cc(F)ccc1C. The van der Waals surface area contributed by atoms with Crippen molar-refractivity contribution in [2.24, 2.45) is 0 Å². The maximum atomic E-state index is 13.2. The first-order valence-electron chi connectivity index (χ1n) is 6.24. The second-order valence-electron chi connectivity index (χ2n) is 4.37. The third-order valence-corrected chi connectivity index (χ3v) is 2.91. The molecule has 4 nitrogen and oxygen atoms in total. The van der Waals surface area contributed by atoms with Crippen LogP contribution in [0.1, 0.15) is 12.0 Å². The molecular formula is C14H18FN3O. The molecular weight excluding hydrogens is 245 g/mol. The predicted molar refractivity (Wildman–Crippen MR) is 73.1 cm³/mol. The van der Waals surface area contributed by atoms with Gasteiger partial charge in [0.2, 0.25) is 5.95 Å². The first kappa shape index (κ1) is 13.5. The van der Waals surface area contributed by atoms with Crippen LogP contribution in [-0.4, -0.2) is 23.3 Å². The zero-order valence-corrected chi connectivity index (χ0v) is 11.2. The largest absolute Gasteiger partial charge is 0.385 e. The number of anilines is 2. The van der Waals surface area contributed by atoms with Gasteiger partial charge >= 0.3 is 0 Å². The molecule has 0 unspecified atom stereocenters. The summed E-state index contributed by atoms with van der Waals surface area (Å²) in [5.41, 5.74) is 1.71. The lowest BCUT2D eigenvalue weighted by molar-refractivity contribution is 0.190. The Morgan fingerprint density at radius 3 is 3.05 bits per heavy atom. The number of nitrogens with zero attached hydrogens (tertiary/aromatic N) is 2. The molecule has 0 saturated heterocycles. The first-order valence-corrected chi connectivity index (χ1v) is 6.24. The van der Waals surface area contributed by atoms with Gasteiger partial charge in [-0.05, 0) is 31.0 Å². The van der Waals surface area contributed by atoms with Crippen LogP contribution in [0.4, 0.5) is 16.0 Å². The Morgan fingerprint density at radius 2 is 2.26 bits per heavy atom. The highest BCUT2D eigenvalue weighted by molar-refractivity contribution is 5.58. The lowest BCUT2D eigenvalue weighted by atomic mass is 10.2. The van der Waals surface area contributed by atoms with E-state index in [0.717, 1.165) is 24.2 Å². The highest BCUT2D eigenvalue weighted by Crippen LogP contribution is 2.20. The van der Waals surface area contributed by atoms with E-state index in [4.69, 9.17) is 4.74 Å². The summed E-state index contributed by atoms with van der Waals surface area (Å²) in [4.78, 5) is 4.25. The van der Waals surface area contributed by atoms with Crippen LogP contribution >= 0.6 is 0 Å². The fourth-order valence-electron chi connectivity index (χ4n) is 1.84. The molecule has 0 fully saturated rings. The molecule has 5 heteroatoms. The zero-order chi connectivity index (χ0) is 13.7. The number of nitrogens with one attached hydrogen (secondary N) is 1. The third-order valence-electron chi connectivity index (χ3n) is 2.91. The van der Waals surface area contributed by atoms with Crippen molar-refractivity contribution in [3.8, 4) is 0 Å². The van der Waals surface area contributed by atoms with Gasteiger partial charge in [0.25, 0.3) is 0 Å². The van der Waals surface area contributed by atoms with Crippen molar-refractivity contribution in [3.05, 3.63) is 42.0 Å². The van der Waals surface area contributed by atoms with Crippen LogP contribution in [0.5, 0.6) is 0 Å². The normalized spacial score (nSPS) is 10.7. The molecule has 0 amide bonds. The van der Waals surface area contributed by atoms with Crippen LogP contribution < -0.4 is 5.32 Å². The van der Waals surface area contributed by atoms with E-state index in [2.05, 4.69) is 10.3 Å². The molecule has 19 heavy (non-hydrogen) atoms. The van der Waals surface area contributed by atoms with Gasteiger partial charge in [0.15, 0.2) is 0 Å². The molecule has 0 bridgehead atoms. The summed E-state index contributed by atoms with van der Waals surface area (Å²) >= 11 is 0. The van der Waals surface area contributed by atoms with Gasteiger partial charge in [-0.15, -0.1) is 0 Å². The Kier molecular flexibility index (Phi) is 4.52. The van der Waals surface area contributed by atoms with Crippen molar-refractivity contribution in [1.29, 1.82) is 0 Å². The number of aromatic nitrogens is 2. The Hall–Kier alpha value is -1.88. The summed E-state index contributed by atoms with van der Waals surface area (Å²) in [6.07, 6.45) is 4.53. The molecule has 2 rings (SSSR count). The Labute approximate surface area is 112 Å². The average Bonchev–Trinajstić information content (AvgIpc) is 2.82. The van der Waals surface area contributed by atoms with E-state index in [1.54, 1.807) is 19.4 Å². The van der Waals surface area contributed by atoms with Gasteiger partial charge < -0.3 is 14.6 Å². The quantitative estimate of drug-likeness (QED) is 0.814. The molecule has 0 radical (unpaired) electrons. The number of halogens is 1. The van der Waals surface area contributed by atoms with E-state index >= 15 is 0 Å². The van der Waals surface area contributed by atoms with Gasteiger partial charge in [-0.1, -0.05) is 6.07 Å². The maximum Gasteiger partial charge on any atom is 0.207 e. The summed E-state index contributed by atoms with van der Waals surface area (Å²) in [6, 6.07) is 4.67. The number of benzene rings is 1. The van der Waals surface area contributed by atoms with Gasteiger partial charge in [-0.3, -0.25) is 0 Å². The second kappa shape index (κ2) is 6.33. The third kappa shape index (κ3) is 3.54. The zero-order valence-electron chi connectivity index (χ0n) is 11.2. The summed E-state index contributed by atoms with van der Waals surface area (Å²) in [5.74, 6) is 0.454. The van der Waals surface area contributed by atoms with Crippen molar-refractivity contribution in [2.45, 2.75) is 19.9 Å². The Morgan fingerprint density at radius 1 is 1.42 bits per heavy atom. The van der Waals surface area contributed by atoms with E-state index in [0.29, 0.717) is 12.6 Å². The fourth-order valence-corrected chi connectivity index (χ4v) is 1.84. The van der Waals surface area contributed by atoms with E-state index in [1.165, 1.54) is 12.1 Å². The van der Waals surface area contributed by atoms with Crippen LogP contribution in [0.3, 0.4) is 0 Å². The molecule has 1 N–H and O–H groups in total. The molecule has 0 aliphatic rings. The highest BCUT2D eigenvalue weighted by Gasteiger charge is 2.06.